The first-order valence-corrected chi connectivity index (χ1v) is 6.32. The molecule has 0 spiro atoms. The molecule has 106 valence electrons. The first kappa shape index (κ1) is 15.8. The van der Waals surface area contributed by atoms with E-state index in [0.29, 0.717) is 6.42 Å². The van der Waals surface area contributed by atoms with Gasteiger partial charge in [0.1, 0.15) is 5.83 Å². The molecule has 0 atom stereocenters. The van der Waals surface area contributed by atoms with E-state index in [1.54, 1.807) is 32.5 Å². The van der Waals surface area contributed by atoms with E-state index in [1.165, 1.54) is 6.08 Å². The maximum Gasteiger partial charge on any atom is 0.141 e. The summed E-state index contributed by atoms with van der Waals surface area (Å²) in [6.07, 6.45) is 6.90. The number of aromatic nitrogens is 1. The maximum atomic E-state index is 13.3. The Kier molecular flexibility index (Phi) is 5.84. The predicted molar refractivity (Wildman–Crippen MR) is 82.5 cm³/mol. The molecular formula is C16H20FN3. The fourth-order valence-electron chi connectivity index (χ4n) is 1.77. The van der Waals surface area contributed by atoms with E-state index >= 15 is 0 Å². The lowest BCUT2D eigenvalue weighted by Gasteiger charge is -2.07. The standard InChI is InChI=1S/C16H20FN3/c1-5-14(17)15(18)8-11(2)6-13-7-12(3)9-20-16(13)10-19-4/h5,7-10H,2,6,18H2,1,3-4H3/b14-5+,15-8+,19-10?. The molecule has 0 saturated heterocycles. The van der Waals surface area contributed by atoms with Gasteiger partial charge in [0.2, 0.25) is 0 Å². The van der Waals surface area contributed by atoms with Crippen molar-refractivity contribution < 1.29 is 4.39 Å². The van der Waals surface area contributed by atoms with Crippen molar-refractivity contribution >= 4 is 6.21 Å². The van der Waals surface area contributed by atoms with Crippen LogP contribution in [0.3, 0.4) is 0 Å². The second-order valence-electron chi connectivity index (χ2n) is 4.52. The van der Waals surface area contributed by atoms with Gasteiger partial charge in [-0.25, -0.2) is 4.39 Å². The molecule has 0 amide bonds. The fraction of sp³-hybridized carbons (Fsp3) is 0.250. The summed E-state index contributed by atoms with van der Waals surface area (Å²) in [6, 6.07) is 2.02. The first-order valence-electron chi connectivity index (χ1n) is 6.32. The number of nitrogens with two attached hydrogens (primary N) is 1. The Morgan fingerprint density at radius 2 is 2.25 bits per heavy atom. The molecule has 0 aliphatic heterocycles. The highest BCUT2D eigenvalue weighted by atomic mass is 19.1. The Morgan fingerprint density at radius 3 is 2.85 bits per heavy atom. The van der Waals surface area contributed by atoms with Crippen molar-refractivity contribution in [1.82, 2.24) is 4.98 Å². The van der Waals surface area contributed by atoms with Gasteiger partial charge in [0.15, 0.2) is 0 Å². The largest absolute Gasteiger partial charge is 0.396 e. The number of hydrogen-bond acceptors (Lipinski definition) is 3. The highest BCUT2D eigenvalue weighted by Crippen LogP contribution is 2.15. The summed E-state index contributed by atoms with van der Waals surface area (Å²) in [4.78, 5) is 8.30. The molecule has 2 N–H and O–H groups in total. The SMILES string of the molecule is C=C(/C=C(N)\C(F)=C/C)Cc1cc(C)cnc1C=NC. The van der Waals surface area contributed by atoms with Crippen LogP contribution in [0.15, 0.2) is 53.1 Å². The molecule has 20 heavy (non-hydrogen) atoms. The van der Waals surface area contributed by atoms with Gasteiger partial charge in [-0.1, -0.05) is 12.6 Å². The van der Waals surface area contributed by atoms with E-state index < -0.39 is 5.83 Å². The maximum absolute atomic E-state index is 13.3. The predicted octanol–water partition coefficient (Wildman–Crippen LogP) is 3.25. The van der Waals surface area contributed by atoms with Crippen molar-refractivity contribution in [3.05, 3.63) is 64.9 Å². The third kappa shape index (κ3) is 4.46. The van der Waals surface area contributed by atoms with Gasteiger partial charge in [-0.3, -0.25) is 9.98 Å². The summed E-state index contributed by atoms with van der Waals surface area (Å²) >= 11 is 0. The van der Waals surface area contributed by atoms with Gasteiger partial charge in [0.05, 0.1) is 11.4 Å². The topological polar surface area (TPSA) is 51.3 Å². The minimum atomic E-state index is -0.441. The number of nitrogens with zero attached hydrogens (tertiary/aromatic N) is 2. The summed E-state index contributed by atoms with van der Waals surface area (Å²) in [5.74, 6) is -0.441. The molecule has 0 radical (unpaired) electrons. The zero-order valence-electron chi connectivity index (χ0n) is 12.2. The van der Waals surface area contributed by atoms with Gasteiger partial charge in [-0.2, -0.15) is 0 Å². The van der Waals surface area contributed by atoms with Crippen LogP contribution in [0.5, 0.6) is 0 Å². The van der Waals surface area contributed by atoms with Crippen LogP contribution in [0, 0.1) is 6.92 Å². The second-order valence-corrected chi connectivity index (χ2v) is 4.52. The van der Waals surface area contributed by atoms with E-state index in [4.69, 9.17) is 5.73 Å². The minimum absolute atomic E-state index is 0.0869. The van der Waals surface area contributed by atoms with Gasteiger partial charge in [-0.15, -0.1) is 0 Å². The highest BCUT2D eigenvalue weighted by molar-refractivity contribution is 5.79. The zero-order chi connectivity index (χ0) is 15.1. The Hall–Kier alpha value is -2.23. The lowest BCUT2D eigenvalue weighted by atomic mass is 10.0. The lowest BCUT2D eigenvalue weighted by Crippen LogP contribution is -2.02. The summed E-state index contributed by atoms with van der Waals surface area (Å²) in [5, 5.41) is 0. The number of rotatable bonds is 5. The van der Waals surface area contributed by atoms with E-state index in [2.05, 4.69) is 16.6 Å². The molecule has 1 aromatic rings. The zero-order valence-corrected chi connectivity index (χ0v) is 12.2. The van der Waals surface area contributed by atoms with Crippen molar-refractivity contribution in [2.24, 2.45) is 10.7 Å². The molecule has 0 unspecified atom stereocenters. The van der Waals surface area contributed by atoms with Crippen LogP contribution in [-0.2, 0) is 6.42 Å². The molecule has 3 nitrogen and oxygen atoms in total. The lowest BCUT2D eigenvalue weighted by molar-refractivity contribution is 0.646. The van der Waals surface area contributed by atoms with Gasteiger partial charge >= 0.3 is 0 Å². The monoisotopic (exact) mass is 273 g/mol. The molecule has 0 fully saturated rings. The highest BCUT2D eigenvalue weighted by Gasteiger charge is 2.05. The molecule has 1 heterocycles. The number of aliphatic imine (C=N–C) groups is 1. The third-order valence-corrected chi connectivity index (χ3v) is 2.70. The van der Waals surface area contributed by atoms with Crippen molar-refractivity contribution in [2.75, 3.05) is 7.05 Å². The fourth-order valence-corrected chi connectivity index (χ4v) is 1.77. The van der Waals surface area contributed by atoms with Gasteiger partial charge in [-0.05, 0) is 49.1 Å². The van der Waals surface area contributed by atoms with Crippen molar-refractivity contribution in [3.8, 4) is 0 Å². The number of allylic oxidation sites excluding steroid dienone is 4. The Bertz CT molecular complexity index is 583. The molecule has 0 aromatic carbocycles. The van der Waals surface area contributed by atoms with Crippen molar-refractivity contribution in [2.45, 2.75) is 20.3 Å². The molecule has 1 aromatic heterocycles. The Labute approximate surface area is 119 Å². The summed E-state index contributed by atoms with van der Waals surface area (Å²) in [7, 11) is 1.69. The Balaban J connectivity index is 2.99. The first-order chi connectivity index (χ1) is 9.47. The summed E-state index contributed by atoms with van der Waals surface area (Å²) < 4.78 is 13.3. The molecule has 0 aliphatic rings. The van der Waals surface area contributed by atoms with E-state index in [-0.39, 0.29) is 5.70 Å². The third-order valence-electron chi connectivity index (χ3n) is 2.70. The van der Waals surface area contributed by atoms with Crippen LogP contribution in [-0.4, -0.2) is 18.2 Å². The van der Waals surface area contributed by atoms with Crippen LogP contribution >= 0.6 is 0 Å². The molecule has 1 rings (SSSR count). The van der Waals surface area contributed by atoms with Crippen LogP contribution in [0.2, 0.25) is 0 Å². The minimum Gasteiger partial charge on any atom is -0.396 e. The Morgan fingerprint density at radius 1 is 1.55 bits per heavy atom. The number of halogens is 1. The summed E-state index contributed by atoms with van der Waals surface area (Å²) in [5.41, 5.74) is 9.27. The van der Waals surface area contributed by atoms with Gasteiger partial charge in [0, 0.05) is 19.5 Å². The molecule has 4 heteroatoms. The molecule has 0 bridgehead atoms. The molecule has 0 aliphatic carbocycles. The summed E-state index contributed by atoms with van der Waals surface area (Å²) in [6.45, 7) is 7.48. The van der Waals surface area contributed by atoms with E-state index in [1.807, 2.05) is 13.0 Å². The second kappa shape index (κ2) is 7.38. The van der Waals surface area contributed by atoms with Crippen LogP contribution in [0.25, 0.3) is 0 Å². The quantitative estimate of drug-likeness (QED) is 0.661. The number of pyridine rings is 1. The number of hydrogen-bond donors (Lipinski definition) is 1. The van der Waals surface area contributed by atoms with Gasteiger partial charge < -0.3 is 5.73 Å². The van der Waals surface area contributed by atoms with Crippen LogP contribution in [0.1, 0.15) is 23.7 Å². The van der Waals surface area contributed by atoms with E-state index in [0.717, 1.165) is 22.4 Å². The van der Waals surface area contributed by atoms with Gasteiger partial charge in [0.25, 0.3) is 0 Å². The molecule has 0 saturated carbocycles. The van der Waals surface area contributed by atoms with Crippen LogP contribution < -0.4 is 5.73 Å². The van der Waals surface area contributed by atoms with Crippen molar-refractivity contribution in [3.63, 3.8) is 0 Å². The van der Waals surface area contributed by atoms with Crippen molar-refractivity contribution in [1.29, 1.82) is 0 Å². The average Bonchev–Trinajstić information content (AvgIpc) is 2.40. The average molecular weight is 273 g/mol. The smallest absolute Gasteiger partial charge is 0.141 e. The normalized spacial score (nSPS) is 13.0. The number of aryl methyl sites for hydroxylation is 1. The molecular weight excluding hydrogens is 253 g/mol. The van der Waals surface area contributed by atoms with Crippen LogP contribution in [0.4, 0.5) is 4.39 Å². The van der Waals surface area contributed by atoms with E-state index in [9.17, 15) is 4.39 Å².